The van der Waals surface area contributed by atoms with Crippen molar-refractivity contribution >= 4 is 23.2 Å². The highest BCUT2D eigenvalue weighted by atomic mass is 35.5. The van der Waals surface area contributed by atoms with Gasteiger partial charge in [0.1, 0.15) is 13.2 Å². The summed E-state index contributed by atoms with van der Waals surface area (Å²) in [4.78, 5) is 0. The zero-order chi connectivity index (χ0) is 12.0. The first kappa shape index (κ1) is 13.7. The van der Waals surface area contributed by atoms with Crippen LogP contribution in [-0.4, -0.2) is 36.2 Å². The first-order valence-electron chi connectivity index (χ1n) is 5.07. The van der Waals surface area contributed by atoms with Crippen LogP contribution in [0, 0.1) is 24.7 Å². The second-order valence-corrected chi connectivity index (χ2v) is 4.73. The van der Waals surface area contributed by atoms with Gasteiger partial charge >= 0.3 is 0 Å². The maximum atomic E-state index is 6.14. The average Bonchev–Trinajstić information content (AvgIpc) is 2.26. The third-order valence-corrected chi connectivity index (χ3v) is 3.40. The average molecular weight is 261 g/mol. The van der Waals surface area contributed by atoms with Crippen LogP contribution in [0.1, 0.15) is 12.8 Å². The highest BCUT2D eigenvalue weighted by molar-refractivity contribution is 6.24. The number of ether oxygens (including phenoxy) is 2. The van der Waals surface area contributed by atoms with E-state index >= 15 is 0 Å². The first-order chi connectivity index (χ1) is 7.69. The Hall–Kier alpha value is -0.380. The van der Waals surface area contributed by atoms with Gasteiger partial charge < -0.3 is 9.47 Å². The summed E-state index contributed by atoms with van der Waals surface area (Å²) >= 11 is 12.3. The van der Waals surface area contributed by atoms with Crippen molar-refractivity contribution in [2.45, 2.75) is 35.8 Å². The molecule has 4 unspecified atom stereocenters. The molecule has 1 saturated carbocycles. The van der Waals surface area contributed by atoms with Gasteiger partial charge in [0, 0.05) is 6.42 Å². The van der Waals surface area contributed by atoms with Crippen molar-refractivity contribution < 1.29 is 9.47 Å². The van der Waals surface area contributed by atoms with Crippen molar-refractivity contribution in [3.63, 3.8) is 0 Å². The van der Waals surface area contributed by atoms with E-state index in [2.05, 4.69) is 11.8 Å². The maximum absolute atomic E-state index is 6.14. The fourth-order valence-electron chi connectivity index (χ4n) is 1.70. The van der Waals surface area contributed by atoms with Gasteiger partial charge in [-0.1, -0.05) is 11.8 Å². The minimum atomic E-state index is -0.124. The summed E-state index contributed by atoms with van der Waals surface area (Å²) < 4.78 is 10.9. The van der Waals surface area contributed by atoms with Crippen molar-refractivity contribution in [3.05, 3.63) is 0 Å². The van der Waals surface area contributed by atoms with E-state index in [9.17, 15) is 0 Å². The van der Waals surface area contributed by atoms with Crippen LogP contribution >= 0.6 is 23.2 Å². The quantitative estimate of drug-likeness (QED) is 0.569. The molecule has 0 radical (unpaired) electrons. The molecule has 4 heteroatoms. The molecular formula is C12H14Cl2O2. The Bertz CT molecular complexity index is 264. The van der Waals surface area contributed by atoms with E-state index < -0.39 is 0 Å². The summed E-state index contributed by atoms with van der Waals surface area (Å²) in [6.45, 7) is 0.505. The molecule has 1 aliphatic carbocycles. The van der Waals surface area contributed by atoms with Crippen LogP contribution in [0.2, 0.25) is 0 Å². The van der Waals surface area contributed by atoms with E-state index in [-0.39, 0.29) is 36.2 Å². The topological polar surface area (TPSA) is 18.5 Å². The molecule has 1 aliphatic rings. The van der Waals surface area contributed by atoms with Gasteiger partial charge in [0.05, 0.1) is 23.0 Å². The summed E-state index contributed by atoms with van der Waals surface area (Å²) in [6, 6.07) is 0. The van der Waals surface area contributed by atoms with Crippen LogP contribution in [-0.2, 0) is 9.47 Å². The Balaban J connectivity index is 2.48. The van der Waals surface area contributed by atoms with Gasteiger partial charge in [-0.05, 0) is 6.42 Å². The Morgan fingerprint density at radius 2 is 1.38 bits per heavy atom. The maximum Gasteiger partial charge on any atom is 0.107 e. The lowest BCUT2D eigenvalue weighted by atomic mass is 9.93. The fraction of sp³-hybridized carbons (Fsp3) is 0.667. The minimum absolute atomic E-state index is 0.115. The van der Waals surface area contributed by atoms with Crippen LogP contribution in [0.25, 0.3) is 0 Å². The zero-order valence-corrected chi connectivity index (χ0v) is 10.4. The van der Waals surface area contributed by atoms with Gasteiger partial charge in [-0.15, -0.1) is 36.0 Å². The lowest BCUT2D eigenvalue weighted by Gasteiger charge is -2.35. The molecule has 16 heavy (non-hydrogen) atoms. The minimum Gasteiger partial charge on any atom is -0.364 e. The monoisotopic (exact) mass is 260 g/mol. The first-order valence-corrected chi connectivity index (χ1v) is 5.94. The van der Waals surface area contributed by atoms with Gasteiger partial charge in [0.2, 0.25) is 0 Å². The molecule has 4 atom stereocenters. The zero-order valence-electron chi connectivity index (χ0n) is 8.86. The van der Waals surface area contributed by atoms with E-state index in [1.807, 2.05) is 0 Å². The van der Waals surface area contributed by atoms with Crippen LogP contribution in [0.3, 0.4) is 0 Å². The highest BCUT2D eigenvalue weighted by Crippen LogP contribution is 2.31. The number of hydrogen-bond acceptors (Lipinski definition) is 2. The van der Waals surface area contributed by atoms with Crippen LogP contribution in [0.4, 0.5) is 0 Å². The fourth-order valence-corrected chi connectivity index (χ4v) is 2.52. The highest BCUT2D eigenvalue weighted by Gasteiger charge is 2.36. The molecule has 0 bridgehead atoms. The molecule has 0 heterocycles. The number of alkyl halides is 2. The third kappa shape index (κ3) is 3.89. The molecule has 0 spiro atoms. The van der Waals surface area contributed by atoms with Crippen LogP contribution in [0.15, 0.2) is 0 Å². The summed E-state index contributed by atoms with van der Waals surface area (Å²) in [7, 11) is 0. The van der Waals surface area contributed by atoms with E-state index in [0.29, 0.717) is 12.8 Å². The SMILES string of the molecule is C#CCOC1CC(OCC#C)C(Cl)CC1Cl. The van der Waals surface area contributed by atoms with Crippen molar-refractivity contribution in [3.8, 4) is 24.7 Å². The molecular weight excluding hydrogens is 247 g/mol. The normalized spacial score (nSPS) is 34.0. The Morgan fingerprint density at radius 3 is 1.75 bits per heavy atom. The van der Waals surface area contributed by atoms with Gasteiger partial charge in [0.15, 0.2) is 0 Å². The van der Waals surface area contributed by atoms with Crippen molar-refractivity contribution in [1.29, 1.82) is 0 Å². The van der Waals surface area contributed by atoms with Crippen LogP contribution in [0.5, 0.6) is 0 Å². The molecule has 1 fully saturated rings. The summed E-state index contributed by atoms with van der Waals surface area (Å²) in [6.07, 6.45) is 11.3. The molecule has 1 rings (SSSR count). The number of halogens is 2. The van der Waals surface area contributed by atoms with Crippen molar-refractivity contribution in [2.24, 2.45) is 0 Å². The summed E-state index contributed by atoms with van der Waals surface area (Å²) in [5.41, 5.74) is 0. The van der Waals surface area contributed by atoms with Gasteiger partial charge in [-0.2, -0.15) is 0 Å². The van der Waals surface area contributed by atoms with Gasteiger partial charge in [0.25, 0.3) is 0 Å². The summed E-state index contributed by atoms with van der Waals surface area (Å²) in [5.74, 6) is 4.84. The van der Waals surface area contributed by atoms with Crippen molar-refractivity contribution in [1.82, 2.24) is 0 Å². The molecule has 0 N–H and O–H groups in total. The van der Waals surface area contributed by atoms with E-state index in [0.717, 1.165) is 0 Å². The smallest absolute Gasteiger partial charge is 0.107 e. The summed E-state index contributed by atoms with van der Waals surface area (Å²) in [5, 5.41) is -0.247. The Kier molecular flexibility index (Phi) is 6.03. The second kappa shape index (κ2) is 7.05. The standard InChI is InChI=1S/C12H14Cl2O2/c1-3-5-15-11-8-12(16-6-4-2)10(14)7-9(11)13/h1-2,9-12H,5-8H2. The number of rotatable bonds is 4. The van der Waals surface area contributed by atoms with E-state index in [1.54, 1.807) is 0 Å². The van der Waals surface area contributed by atoms with E-state index in [1.165, 1.54) is 0 Å². The third-order valence-electron chi connectivity index (χ3n) is 2.48. The lowest BCUT2D eigenvalue weighted by Crippen LogP contribution is -2.43. The lowest BCUT2D eigenvalue weighted by molar-refractivity contribution is -0.0228. The molecule has 2 nitrogen and oxygen atoms in total. The Labute approximate surface area is 107 Å². The largest absolute Gasteiger partial charge is 0.364 e. The molecule has 88 valence electrons. The molecule has 0 aromatic heterocycles. The molecule has 0 aromatic carbocycles. The number of hydrogen-bond donors (Lipinski definition) is 0. The molecule has 0 aliphatic heterocycles. The molecule has 0 saturated heterocycles. The molecule has 0 amide bonds. The Morgan fingerprint density at radius 1 is 0.938 bits per heavy atom. The predicted molar refractivity (Wildman–Crippen MR) is 65.7 cm³/mol. The molecule has 0 aromatic rings. The van der Waals surface area contributed by atoms with Crippen LogP contribution < -0.4 is 0 Å². The van der Waals surface area contributed by atoms with Gasteiger partial charge in [-0.3, -0.25) is 0 Å². The van der Waals surface area contributed by atoms with E-state index in [4.69, 9.17) is 45.5 Å². The predicted octanol–water partition coefficient (Wildman–Crippen LogP) is 2.03. The number of terminal acetylenes is 2. The van der Waals surface area contributed by atoms with Crippen molar-refractivity contribution in [2.75, 3.05) is 13.2 Å². The second-order valence-electron chi connectivity index (χ2n) is 3.61. The van der Waals surface area contributed by atoms with Gasteiger partial charge in [-0.25, -0.2) is 0 Å².